The molecule has 0 atom stereocenters. The van der Waals surface area contributed by atoms with Crippen molar-refractivity contribution in [1.82, 2.24) is 0 Å². The maximum atomic E-state index is 5.99. The number of hydrogen-bond donors (Lipinski definition) is 0. The van der Waals surface area contributed by atoms with Gasteiger partial charge < -0.3 is 4.74 Å². The fourth-order valence-electron chi connectivity index (χ4n) is 1.84. The topological polar surface area (TPSA) is 9.23 Å². The predicted octanol–water partition coefficient (Wildman–Crippen LogP) is 3.79. The Balaban J connectivity index is 2.50. The van der Waals surface area contributed by atoms with Crippen LogP contribution in [0.3, 0.4) is 0 Å². The van der Waals surface area contributed by atoms with Gasteiger partial charge in [-0.15, -0.1) is 11.6 Å². The monoisotopic (exact) mass is 230 g/mol. The van der Waals surface area contributed by atoms with Crippen molar-refractivity contribution < 1.29 is 4.74 Å². The molecule has 0 aliphatic carbocycles. The summed E-state index contributed by atoms with van der Waals surface area (Å²) in [7, 11) is 0. The number of alkyl halides is 1. The lowest BCUT2D eigenvalue weighted by molar-refractivity contribution is 0.137. The molecule has 2 rings (SSSR count). The van der Waals surface area contributed by atoms with Crippen LogP contribution < -0.4 is 4.74 Å². The van der Waals surface area contributed by atoms with E-state index in [4.69, 9.17) is 27.9 Å². The first-order valence-corrected chi connectivity index (χ1v) is 5.49. The normalized spacial score (nSPS) is 17.7. The van der Waals surface area contributed by atoms with Gasteiger partial charge in [-0.1, -0.05) is 11.6 Å². The quantitative estimate of drug-likeness (QED) is 0.668. The molecule has 0 bridgehead atoms. The summed E-state index contributed by atoms with van der Waals surface area (Å²) in [6.07, 6.45) is 0.896. The molecule has 76 valence electrons. The Kier molecular flexibility index (Phi) is 2.40. The van der Waals surface area contributed by atoms with Crippen LogP contribution >= 0.6 is 23.2 Å². The van der Waals surface area contributed by atoms with E-state index < -0.39 is 0 Å². The van der Waals surface area contributed by atoms with Crippen molar-refractivity contribution in [2.24, 2.45) is 0 Å². The molecule has 14 heavy (non-hydrogen) atoms. The van der Waals surface area contributed by atoms with Crippen molar-refractivity contribution in [3.05, 3.63) is 28.3 Å². The Morgan fingerprint density at radius 2 is 2.14 bits per heavy atom. The van der Waals surface area contributed by atoms with Gasteiger partial charge >= 0.3 is 0 Å². The van der Waals surface area contributed by atoms with Crippen LogP contribution in [0.2, 0.25) is 5.02 Å². The lowest BCUT2D eigenvalue weighted by atomic mass is 10.0. The summed E-state index contributed by atoms with van der Waals surface area (Å²) in [4.78, 5) is 0. The molecule has 1 aliphatic heterocycles. The molecule has 1 aromatic rings. The van der Waals surface area contributed by atoms with Crippen LogP contribution in [-0.4, -0.2) is 5.60 Å². The lowest BCUT2D eigenvalue weighted by Gasteiger charge is -2.17. The summed E-state index contributed by atoms with van der Waals surface area (Å²) in [5.41, 5.74) is 2.02. The summed E-state index contributed by atoms with van der Waals surface area (Å²) >= 11 is 11.8. The first kappa shape index (κ1) is 10.1. The zero-order valence-electron chi connectivity index (χ0n) is 8.23. The van der Waals surface area contributed by atoms with Gasteiger partial charge in [-0.05, 0) is 31.5 Å². The van der Waals surface area contributed by atoms with Gasteiger partial charge in [0.1, 0.15) is 11.4 Å². The van der Waals surface area contributed by atoms with Crippen molar-refractivity contribution >= 4 is 23.2 Å². The van der Waals surface area contributed by atoms with Crippen molar-refractivity contribution in [3.8, 4) is 5.75 Å². The average molecular weight is 231 g/mol. The molecule has 3 heteroatoms. The van der Waals surface area contributed by atoms with Crippen LogP contribution in [0.5, 0.6) is 5.75 Å². The zero-order valence-corrected chi connectivity index (χ0v) is 9.74. The maximum Gasteiger partial charge on any atom is 0.127 e. The Morgan fingerprint density at radius 3 is 2.79 bits per heavy atom. The molecular formula is C11H12Cl2O. The SMILES string of the molecule is CC1(C)Cc2cc(Cl)cc(CCl)c2O1. The second kappa shape index (κ2) is 3.32. The third kappa shape index (κ3) is 1.71. The summed E-state index contributed by atoms with van der Waals surface area (Å²) in [5, 5.41) is 0.737. The van der Waals surface area contributed by atoms with E-state index in [0.717, 1.165) is 28.3 Å². The van der Waals surface area contributed by atoms with E-state index in [2.05, 4.69) is 13.8 Å². The van der Waals surface area contributed by atoms with E-state index in [1.165, 1.54) is 0 Å². The van der Waals surface area contributed by atoms with Crippen LogP contribution in [0.4, 0.5) is 0 Å². The number of ether oxygens (including phenoxy) is 1. The number of fused-ring (bicyclic) bond motifs is 1. The fraction of sp³-hybridized carbons (Fsp3) is 0.455. The Labute approximate surface area is 94.0 Å². The molecule has 1 heterocycles. The molecule has 1 aliphatic rings. The van der Waals surface area contributed by atoms with E-state index in [0.29, 0.717) is 5.88 Å². The minimum absolute atomic E-state index is 0.131. The second-order valence-electron chi connectivity index (χ2n) is 4.23. The van der Waals surface area contributed by atoms with Crippen LogP contribution in [0.25, 0.3) is 0 Å². The van der Waals surface area contributed by atoms with Gasteiger partial charge in [0.2, 0.25) is 0 Å². The smallest absolute Gasteiger partial charge is 0.127 e. The molecule has 0 spiro atoms. The third-order valence-electron chi connectivity index (χ3n) is 2.35. The van der Waals surface area contributed by atoms with Crippen LogP contribution in [-0.2, 0) is 12.3 Å². The van der Waals surface area contributed by atoms with Gasteiger partial charge in [0.15, 0.2) is 0 Å². The summed E-state index contributed by atoms with van der Waals surface area (Å²) in [6, 6.07) is 3.83. The van der Waals surface area contributed by atoms with Crippen molar-refractivity contribution in [1.29, 1.82) is 0 Å². The van der Waals surface area contributed by atoms with E-state index in [1.54, 1.807) is 0 Å². The highest BCUT2D eigenvalue weighted by Gasteiger charge is 2.31. The summed E-state index contributed by atoms with van der Waals surface area (Å²) in [6.45, 7) is 4.14. The third-order valence-corrected chi connectivity index (χ3v) is 2.85. The van der Waals surface area contributed by atoms with Crippen molar-refractivity contribution in [3.63, 3.8) is 0 Å². The van der Waals surface area contributed by atoms with Crippen molar-refractivity contribution in [2.45, 2.75) is 31.7 Å². The van der Waals surface area contributed by atoms with Gasteiger partial charge in [-0.3, -0.25) is 0 Å². The largest absolute Gasteiger partial charge is 0.487 e. The number of rotatable bonds is 1. The molecule has 0 fully saturated rings. The summed E-state index contributed by atoms with van der Waals surface area (Å²) in [5.74, 6) is 1.37. The average Bonchev–Trinajstić information content (AvgIpc) is 2.37. The Morgan fingerprint density at radius 1 is 1.43 bits per heavy atom. The minimum atomic E-state index is -0.131. The van der Waals surface area contributed by atoms with Gasteiger partial charge in [0, 0.05) is 17.0 Å². The highest BCUT2D eigenvalue weighted by Crippen LogP contribution is 2.39. The molecule has 0 saturated heterocycles. The van der Waals surface area contributed by atoms with Crippen LogP contribution in [0, 0.1) is 0 Å². The molecule has 1 nitrogen and oxygen atoms in total. The minimum Gasteiger partial charge on any atom is -0.487 e. The molecule has 0 radical (unpaired) electrons. The number of hydrogen-bond acceptors (Lipinski definition) is 1. The number of halogens is 2. The van der Waals surface area contributed by atoms with Gasteiger partial charge in [-0.25, -0.2) is 0 Å². The predicted molar refractivity (Wildman–Crippen MR) is 59.4 cm³/mol. The standard InChI is InChI=1S/C11H12Cl2O/c1-11(2)5-7-3-9(13)4-8(6-12)10(7)14-11/h3-4H,5-6H2,1-2H3. The van der Waals surface area contributed by atoms with Crippen molar-refractivity contribution in [2.75, 3.05) is 0 Å². The van der Waals surface area contributed by atoms with E-state index >= 15 is 0 Å². The molecule has 1 aromatic carbocycles. The molecule has 0 amide bonds. The van der Waals surface area contributed by atoms with E-state index in [-0.39, 0.29) is 5.60 Å². The number of benzene rings is 1. The van der Waals surface area contributed by atoms with Gasteiger partial charge in [0.05, 0.1) is 5.88 Å². The van der Waals surface area contributed by atoms with E-state index in [9.17, 15) is 0 Å². The molecule has 0 unspecified atom stereocenters. The van der Waals surface area contributed by atoms with E-state index in [1.807, 2.05) is 12.1 Å². The van der Waals surface area contributed by atoms with Crippen LogP contribution in [0.15, 0.2) is 12.1 Å². The molecular weight excluding hydrogens is 219 g/mol. The first-order valence-electron chi connectivity index (χ1n) is 4.58. The molecule has 0 saturated carbocycles. The van der Waals surface area contributed by atoms with Gasteiger partial charge in [-0.2, -0.15) is 0 Å². The first-order chi connectivity index (χ1) is 6.52. The fourth-order valence-corrected chi connectivity index (χ4v) is 2.31. The lowest BCUT2D eigenvalue weighted by Crippen LogP contribution is -2.24. The second-order valence-corrected chi connectivity index (χ2v) is 4.93. The van der Waals surface area contributed by atoms with Crippen LogP contribution in [0.1, 0.15) is 25.0 Å². The Hall–Kier alpha value is -0.400. The summed E-state index contributed by atoms with van der Waals surface area (Å²) < 4.78 is 5.83. The highest BCUT2D eigenvalue weighted by molar-refractivity contribution is 6.31. The Bertz CT molecular complexity index is 372. The highest BCUT2D eigenvalue weighted by atomic mass is 35.5. The molecule has 0 aromatic heterocycles. The zero-order chi connectivity index (χ0) is 10.3. The van der Waals surface area contributed by atoms with Gasteiger partial charge in [0.25, 0.3) is 0 Å². The maximum absolute atomic E-state index is 5.99. The molecule has 0 N–H and O–H groups in total.